The van der Waals surface area contributed by atoms with Crippen LogP contribution in [0.15, 0.2) is 61.7 Å². The minimum Gasteiger partial charge on any atom is -0.490 e. The molecule has 0 aromatic heterocycles. The molecule has 0 radical (unpaired) electrons. The van der Waals surface area contributed by atoms with Crippen LogP contribution in [0.25, 0.3) is 0 Å². The van der Waals surface area contributed by atoms with Gasteiger partial charge in [-0.15, -0.1) is 13.2 Å². The van der Waals surface area contributed by atoms with Crippen LogP contribution in [0.5, 0.6) is 5.75 Å². The lowest BCUT2D eigenvalue weighted by Gasteiger charge is -2.41. The molecule has 3 aliphatic rings. The minimum absolute atomic E-state index is 0.0505. The third kappa shape index (κ3) is 6.97. The van der Waals surface area contributed by atoms with Crippen molar-refractivity contribution in [2.75, 3.05) is 37.8 Å². The molecule has 0 bridgehead atoms. The van der Waals surface area contributed by atoms with Crippen molar-refractivity contribution < 1.29 is 27.8 Å². The number of ether oxygens (including phenoxy) is 2. The number of nitrogens with one attached hydrogen (secondary N) is 1. The maximum atomic E-state index is 13.4. The molecule has 2 aromatic rings. The highest BCUT2D eigenvalue weighted by atomic mass is 35.5. The molecule has 1 aliphatic carbocycles. The summed E-state index contributed by atoms with van der Waals surface area (Å²) in [5.74, 6) is -0.339. The molecule has 10 heteroatoms. The van der Waals surface area contributed by atoms with Gasteiger partial charge in [0.1, 0.15) is 5.75 Å². The summed E-state index contributed by atoms with van der Waals surface area (Å²) in [6.07, 6.45) is 7.46. The van der Waals surface area contributed by atoms with Gasteiger partial charge in [0.05, 0.1) is 30.3 Å². The Morgan fingerprint density at radius 2 is 2.04 bits per heavy atom. The van der Waals surface area contributed by atoms with Gasteiger partial charge in [0.25, 0.3) is 5.91 Å². The Hall–Kier alpha value is -2.85. The molecule has 2 N–H and O–H groups in total. The summed E-state index contributed by atoms with van der Waals surface area (Å²) in [6.45, 7) is 13.3. The zero-order chi connectivity index (χ0) is 32.4. The normalized spacial score (nSPS) is 24.8. The standard InChI is InChI=1S/C35H45ClN2O6S/c1-5-8-23(3)24(4)45(41,42)37-34(40)27-10-13-32-31(18-27)38(19-28-14-16-43-33(28)25(6-2)20-39)21-35(22-44-32)15-7-9-26-17-29(36)11-12-30(26)35/h5-6,10-13,17-18,23-25,28,33,39H,1-2,7-9,14-16,19-22H2,3-4H3,(H,37,40)/t23-,24+,25?,28-,33-,35-/m0/s1. The molecule has 1 fully saturated rings. The van der Waals surface area contributed by atoms with E-state index in [1.807, 2.05) is 13.0 Å². The second-order valence-corrected chi connectivity index (χ2v) is 15.4. The van der Waals surface area contributed by atoms with Gasteiger partial charge in [0.15, 0.2) is 0 Å². The Kier molecular flexibility index (Phi) is 10.3. The second-order valence-electron chi connectivity index (χ2n) is 12.9. The fourth-order valence-corrected chi connectivity index (χ4v) is 8.70. The molecule has 2 aliphatic heterocycles. The van der Waals surface area contributed by atoms with Crippen molar-refractivity contribution in [1.29, 1.82) is 0 Å². The maximum absolute atomic E-state index is 13.4. The molecule has 1 saturated heterocycles. The summed E-state index contributed by atoms with van der Waals surface area (Å²) in [5.41, 5.74) is 3.10. The van der Waals surface area contributed by atoms with Crippen LogP contribution < -0.4 is 14.4 Å². The number of aryl methyl sites for hydroxylation is 1. The highest BCUT2D eigenvalue weighted by molar-refractivity contribution is 7.90. The van der Waals surface area contributed by atoms with Crippen molar-refractivity contribution in [3.8, 4) is 5.75 Å². The quantitative estimate of drug-likeness (QED) is 0.300. The van der Waals surface area contributed by atoms with E-state index in [9.17, 15) is 18.3 Å². The molecule has 244 valence electrons. The summed E-state index contributed by atoms with van der Waals surface area (Å²) < 4.78 is 41.2. The van der Waals surface area contributed by atoms with Crippen molar-refractivity contribution in [2.45, 2.75) is 62.7 Å². The first kappa shape index (κ1) is 33.5. The van der Waals surface area contributed by atoms with Gasteiger partial charge in [-0.2, -0.15) is 0 Å². The van der Waals surface area contributed by atoms with Gasteiger partial charge < -0.3 is 19.5 Å². The molecule has 2 aromatic carbocycles. The smallest absolute Gasteiger partial charge is 0.264 e. The van der Waals surface area contributed by atoms with Crippen LogP contribution in [-0.2, 0) is 26.6 Å². The molecular formula is C35H45ClN2O6S. The number of aliphatic hydroxyl groups is 1. The van der Waals surface area contributed by atoms with Gasteiger partial charge in [-0.1, -0.05) is 36.7 Å². The lowest BCUT2D eigenvalue weighted by atomic mass is 9.70. The Morgan fingerprint density at radius 3 is 2.78 bits per heavy atom. The van der Waals surface area contributed by atoms with Crippen LogP contribution in [0.1, 0.15) is 61.0 Å². The fourth-order valence-electron chi connectivity index (χ4n) is 7.22. The number of hydrogen-bond acceptors (Lipinski definition) is 7. The average molecular weight is 657 g/mol. The number of sulfonamides is 1. The third-order valence-electron chi connectivity index (χ3n) is 10.0. The van der Waals surface area contributed by atoms with Crippen LogP contribution in [0.4, 0.5) is 5.69 Å². The van der Waals surface area contributed by atoms with Gasteiger partial charge in [0, 0.05) is 47.5 Å². The van der Waals surface area contributed by atoms with E-state index in [-0.39, 0.29) is 41.4 Å². The number of anilines is 1. The Balaban J connectivity index is 1.51. The fraction of sp³-hybridized carbons (Fsp3) is 0.514. The van der Waals surface area contributed by atoms with Gasteiger partial charge >= 0.3 is 0 Å². The maximum Gasteiger partial charge on any atom is 0.264 e. The third-order valence-corrected chi connectivity index (χ3v) is 12.2. The Labute approximate surface area is 272 Å². The van der Waals surface area contributed by atoms with Crippen LogP contribution in [0.2, 0.25) is 5.02 Å². The summed E-state index contributed by atoms with van der Waals surface area (Å²) in [5, 5.41) is 9.98. The van der Waals surface area contributed by atoms with Gasteiger partial charge in [0.2, 0.25) is 10.0 Å². The van der Waals surface area contributed by atoms with Gasteiger partial charge in [-0.25, -0.2) is 13.1 Å². The molecule has 6 atom stereocenters. The molecule has 1 amide bonds. The highest BCUT2D eigenvalue weighted by Gasteiger charge is 2.44. The molecule has 2 heterocycles. The SMILES string of the molecule is C=CC[C@H](C)[C@@H](C)S(=O)(=O)NC(=O)c1ccc2c(c1)N(C[C@@H]1CCO[C@H]1C(C=C)CO)C[C@@]1(CCCc3cc(Cl)ccc31)CO2. The van der Waals surface area contributed by atoms with Gasteiger partial charge in [-0.05, 0) is 86.4 Å². The number of benzene rings is 2. The predicted octanol–water partition coefficient (Wildman–Crippen LogP) is 5.67. The van der Waals surface area contributed by atoms with E-state index in [0.29, 0.717) is 43.5 Å². The first-order valence-corrected chi connectivity index (χ1v) is 17.8. The topological polar surface area (TPSA) is 105 Å². The number of amides is 1. The molecule has 5 rings (SSSR count). The Morgan fingerprint density at radius 1 is 1.24 bits per heavy atom. The number of rotatable bonds is 11. The van der Waals surface area contributed by atoms with Crippen molar-refractivity contribution in [3.63, 3.8) is 0 Å². The minimum atomic E-state index is -3.92. The predicted molar refractivity (Wildman–Crippen MR) is 179 cm³/mol. The van der Waals surface area contributed by atoms with Gasteiger partial charge in [-0.3, -0.25) is 4.79 Å². The molecule has 1 unspecified atom stereocenters. The number of carbonyl (C=O) groups excluding carboxylic acids is 1. The van der Waals surface area contributed by atoms with E-state index >= 15 is 0 Å². The zero-order valence-corrected chi connectivity index (χ0v) is 27.8. The monoisotopic (exact) mass is 656 g/mol. The number of nitrogens with zero attached hydrogens (tertiary/aromatic N) is 1. The summed E-state index contributed by atoms with van der Waals surface area (Å²) in [4.78, 5) is 15.7. The lowest BCUT2D eigenvalue weighted by Crippen LogP contribution is -2.48. The number of fused-ring (bicyclic) bond motifs is 3. The largest absolute Gasteiger partial charge is 0.490 e. The van der Waals surface area contributed by atoms with Crippen molar-refractivity contribution in [1.82, 2.24) is 4.72 Å². The van der Waals surface area contributed by atoms with E-state index in [4.69, 9.17) is 21.1 Å². The van der Waals surface area contributed by atoms with Crippen LogP contribution >= 0.6 is 11.6 Å². The van der Waals surface area contributed by atoms with E-state index in [0.717, 1.165) is 31.4 Å². The summed E-state index contributed by atoms with van der Waals surface area (Å²) in [6, 6.07) is 11.2. The second kappa shape index (κ2) is 13.9. The first-order valence-electron chi connectivity index (χ1n) is 15.8. The molecule has 45 heavy (non-hydrogen) atoms. The van der Waals surface area contributed by atoms with Crippen LogP contribution in [0.3, 0.4) is 0 Å². The van der Waals surface area contributed by atoms with Crippen LogP contribution in [-0.4, -0.2) is 63.7 Å². The summed E-state index contributed by atoms with van der Waals surface area (Å²) >= 11 is 6.40. The number of allylic oxidation sites excluding steroid dienone is 1. The van der Waals surface area contributed by atoms with Crippen molar-refractivity contribution in [2.24, 2.45) is 17.8 Å². The lowest BCUT2D eigenvalue weighted by molar-refractivity contribution is 0.0371. The van der Waals surface area contributed by atoms with E-state index in [1.54, 1.807) is 37.3 Å². The zero-order valence-electron chi connectivity index (χ0n) is 26.2. The average Bonchev–Trinajstić information content (AvgIpc) is 3.41. The van der Waals surface area contributed by atoms with Crippen LogP contribution in [0, 0.1) is 17.8 Å². The highest BCUT2D eigenvalue weighted by Crippen LogP contribution is 2.45. The first-order chi connectivity index (χ1) is 21.5. The van der Waals surface area contributed by atoms with E-state index < -0.39 is 21.2 Å². The van der Waals surface area contributed by atoms with E-state index in [2.05, 4.69) is 34.9 Å². The molecule has 8 nitrogen and oxygen atoms in total. The number of carbonyl (C=O) groups is 1. The molecule has 0 saturated carbocycles. The number of halogens is 1. The van der Waals surface area contributed by atoms with E-state index in [1.165, 1.54) is 11.1 Å². The Bertz CT molecular complexity index is 1530. The molecular weight excluding hydrogens is 612 g/mol. The summed E-state index contributed by atoms with van der Waals surface area (Å²) in [7, 11) is -3.92. The molecule has 1 spiro atoms. The van der Waals surface area contributed by atoms with Crippen molar-refractivity contribution >= 4 is 33.2 Å². The number of hydrogen-bond donors (Lipinski definition) is 2. The number of aliphatic hydroxyl groups excluding tert-OH is 1. The van der Waals surface area contributed by atoms with Crippen molar-refractivity contribution in [3.05, 3.63) is 83.4 Å².